The third-order valence-corrected chi connectivity index (χ3v) is 2.93. The van der Waals surface area contributed by atoms with Crippen LogP contribution in [-0.4, -0.2) is 36.6 Å². The summed E-state index contributed by atoms with van der Waals surface area (Å²) in [5.41, 5.74) is 0. The summed E-state index contributed by atoms with van der Waals surface area (Å²) < 4.78 is 0. The Morgan fingerprint density at radius 1 is 1.17 bits per heavy atom. The number of carbonyl (C=O) groups excluding carboxylic acids is 1. The predicted molar refractivity (Wildman–Crippen MR) is 71.4 cm³/mol. The van der Waals surface area contributed by atoms with Crippen LogP contribution in [0.4, 0.5) is 0 Å². The second-order valence-corrected chi connectivity index (χ2v) is 4.85. The fourth-order valence-corrected chi connectivity index (χ4v) is 1.70. The Balaban J connectivity index is 3.61. The van der Waals surface area contributed by atoms with Gasteiger partial charge in [-0.1, -0.05) is 13.3 Å². The molecule has 0 aromatic carbocycles. The van der Waals surface area contributed by atoms with Crippen LogP contribution in [0.2, 0.25) is 0 Å². The first-order chi connectivity index (χ1) is 8.47. The van der Waals surface area contributed by atoms with Crippen molar-refractivity contribution in [1.82, 2.24) is 10.6 Å². The maximum Gasteiger partial charge on any atom is 0.306 e. The molecule has 0 spiro atoms. The van der Waals surface area contributed by atoms with Crippen molar-refractivity contribution in [3.63, 3.8) is 0 Å². The lowest BCUT2D eigenvalue weighted by Crippen LogP contribution is -2.32. The van der Waals surface area contributed by atoms with E-state index >= 15 is 0 Å². The largest absolute Gasteiger partial charge is 0.481 e. The van der Waals surface area contributed by atoms with E-state index in [9.17, 15) is 9.59 Å². The lowest BCUT2D eigenvalue weighted by Gasteiger charge is -2.14. The molecule has 0 aromatic rings. The molecule has 0 heterocycles. The van der Waals surface area contributed by atoms with E-state index < -0.39 is 5.97 Å². The zero-order valence-corrected chi connectivity index (χ0v) is 11.7. The molecule has 2 unspecified atom stereocenters. The molecule has 2 atom stereocenters. The molecule has 3 N–H and O–H groups in total. The number of hydrogen-bond donors (Lipinski definition) is 3. The molecule has 0 saturated heterocycles. The Hall–Kier alpha value is -1.10. The molecule has 0 aliphatic carbocycles. The maximum absolute atomic E-state index is 11.5. The van der Waals surface area contributed by atoms with Crippen LogP contribution in [0.3, 0.4) is 0 Å². The molecule has 0 aliphatic heterocycles. The Labute approximate surface area is 109 Å². The monoisotopic (exact) mass is 258 g/mol. The van der Waals surface area contributed by atoms with Gasteiger partial charge < -0.3 is 15.7 Å². The molecular formula is C13H26N2O3. The zero-order chi connectivity index (χ0) is 14.0. The van der Waals surface area contributed by atoms with Crippen LogP contribution in [0.5, 0.6) is 0 Å². The molecule has 106 valence electrons. The van der Waals surface area contributed by atoms with Gasteiger partial charge in [0.2, 0.25) is 5.91 Å². The van der Waals surface area contributed by atoms with Gasteiger partial charge in [-0.15, -0.1) is 0 Å². The van der Waals surface area contributed by atoms with E-state index in [-0.39, 0.29) is 17.9 Å². The van der Waals surface area contributed by atoms with Gasteiger partial charge in [0.1, 0.15) is 0 Å². The number of nitrogens with one attached hydrogen (secondary N) is 2. The summed E-state index contributed by atoms with van der Waals surface area (Å²) in [7, 11) is 1.87. The third kappa shape index (κ3) is 8.98. The Kier molecular flexibility index (Phi) is 9.28. The Morgan fingerprint density at radius 2 is 1.83 bits per heavy atom. The summed E-state index contributed by atoms with van der Waals surface area (Å²) in [6, 6.07) is 0.119. The average molecular weight is 258 g/mol. The SMILES string of the molecule is CNCCCC(=O)NC(C)CCCC(C)C(=O)O. The molecule has 5 heteroatoms. The first-order valence-corrected chi connectivity index (χ1v) is 6.64. The van der Waals surface area contributed by atoms with Crippen molar-refractivity contribution >= 4 is 11.9 Å². The minimum absolute atomic E-state index is 0.0732. The van der Waals surface area contributed by atoms with Gasteiger partial charge in [0.25, 0.3) is 0 Å². The van der Waals surface area contributed by atoms with Crippen LogP contribution in [-0.2, 0) is 9.59 Å². The molecular weight excluding hydrogens is 232 g/mol. The van der Waals surface area contributed by atoms with Gasteiger partial charge in [-0.25, -0.2) is 0 Å². The van der Waals surface area contributed by atoms with Crippen molar-refractivity contribution in [2.75, 3.05) is 13.6 Å². The summed E-state index contributed by atoms with van der Waals surface area (Å²) >= 11 is 0. The highest BCUT2D eigenvalue weighted by Crippen LogP contribution is 2.09. The van der Waals surface area contributed by atoms with E-state index in [0.717, 1.165) is 25.8 Å². The molecule has 0 saturated carbocycles. The first-order valence-electron chi connectivity index (χ1n) is 6.64. The minimum atomic E-state index is -0.751. The number of aliphatic carboxylic acids is 1. The second-order valence-electron chi connectivity index (χ2n) is 4.85. The van der Waals surface area contributed by atoms with E-state index in [1.807, 2.05) is 14.0 Å². The standard InChI is InChI=1S/C13H26N2O3/c1-10(13(17)18)6-4-7-11(2)15-12(16)8-5-9-14-3/h10-11,14H,4-9H2,1-3H3,(H,15,16)(H,17,18). The number of carbonyl (C=O) groups is 2. The smallest absolute Gasteiger partial charge is 0.306 e. The molecule has 0 bridgehead atoms. The summed E-state index contributed by atoms with van der Waals surface area (Å²) in [5.74, 6) is -0.980. The number of carboxylic acid groups (broad SMARTS) is 1. The fraction of sp³-hybridized carbons (Fsp3) is 0.846. The Morgan fingerprint density at radius 3 is 2.39 bits per heavy atom. The van der Waals surface area contributed by atoms with E-state index in [1.54, 1.807) is 6.92 Å². The highest BCUT2D eigenvalue weighted by molar-refractivity contribution is 5.76. The van der Waals surface area contributed by atoms with Crippen LogP contribution in [0, 0.1) is 5.92 Å². The quantitative estimate of drug-likeness (QED) is 0.517. The van der Waals surface area contributed by atoms with Gasteiger partial charge in [-0.05, 0) is 39.8 Å². The van der Waals surface area contributed by atoms with Crippen LogP contribution in [0.1, 0.15) is 46.0 Å². The first kappa shape index (κ1) is 16.9. The van der Waals surface area contributed by atoms with E-state index in [4.69, 9.17) is 5.11 Å². The number of amides is 1. The van der Waals surface area contributed by atoms with Crippen molar-refractivity contribution in [1.29, 1.82) is 0 Å². The second kappa shape index (κ2) is 9.88. The van der Waals surface area contributed by atoms with Crippen molar-refractivity contribution in [3.05, 3.63) is 0 Å². The molecule has 0 aliphatic rings. The number of hydrogen-bond acceptors (Lipinski definition) is 3. The predicted octanol–water partition coefficient (Wildman–Crippen LogP) is 1.38. The average Bonchev–Trinajstić information content (AvgIpc) is 2.28. The van der Waals surface area contributed by atoms with Crippen LogP contribution < -0.4 is 10.6 Å². The van der Waals surface area contributed by atoms with Gasteiger partial charge >= 0.3 is 5.97 Å². The molecule has 0 rings (SSSR count). The topological polar surface area (TPSA) is 78.4 Å². The van der Waals surface area contributed by atoms with Gasteiger partial charge in [0.15, 0.2) is 0 Å². The Bertz CT molecular complexity index is 257. The van der Waals surface area contributed by atoms with Gasteiger partial charge in [0.05, 0.1) is 5.92 Å². The lowest BCUT2D eigenvalue weighted by molar-refractivity contribution is -0.141. The molecule has 1 amide bonds. The van der Waals surface area contributed by atoms with E-state index in [1.165, 1.54) is 0 Å². The van der Waals surface area contributed by atoms with Crippen LogP contribution in [0.15, 0.2) is 0 Å². The minimum Gasteiger partial charge on any atom is -0.481 e. The van der Waals surface area contributed by atoms with Crippen LogP contribution in [0.25, 0.3) is 0 Å². The van der Waals surface area contributed by atoms with Crippen molar-refractivity contribution in [2.24, 2.45) is 5.92 Å². The van der Waals surface area contributed by atoms with Crippen LogP contribution >= 0.6 is 0 Å². The van der Waals surface area contributed by atoms with Gasteiger partial charge in [0, 0.05) is 12.5 Å². The highest BCUT2D eigenvalue weighted by Gasteiger charge is 2.12. The summed E-state index contributed by atoms with van der Waals surface area (Å²) in [5, 5.41) is 14.7. The van der Waals surface area contributed by atoms with Crippen molar-refractivity contribution < 1.29 is 14.7 Å². The molecule has 18 heavy (non-hydrogen) atoms. The fourth-order valence-electron chi connectivity index (χ4n) is 1.70. The third-order valence-electron chi connectivity index (χ3n) is 2.93. The summed E-state index contributed by atoms with van der Waals surface area (Å²) in [6.07, 6.45) is 3.69. The molecule has 0 aromatic heterocycles. The molecule has 5 nitrogen and oxygen atoms in total. The molecule has 0 fully saturated rings. The maximum atomic E-state index is 11.5. The van der Waals surface area contributed by atoms with Crippen molar-refractivity contribution in [2.45, 2.75) is 52.0 Å². The van der Waals surface area contributed by atoms with E-state index in [2.05, 4.69) is 10.6 Å². The highest BCUT2D eigenvalue weighted by atomic mass is 16.4. The van der Waals surface area contributed by atoms with Crippen molar-refractivity contribution in [3.8, 4) is 0 Å². The molecule has 0 radical (unpaired) electrons. The summed E-state index contributed by atoms with van der Waals surface area (Å²) in [6.45, 7) is 4.52. The number of rotatable bonds is 10. The number of carboxylic acids is 1. The van der Waals surface area contributed by atoms with Gasteiger partial charge in [-0.3, -0.25) is 9.59 Å². The summed E-state index contributed by atoms with van der Waals surface area (Å²) in [4.78, 5) is 22.1. The normalized spacial score (nSPS) is 13.9. The van der Waals surface area contributed by atoms with Gasteiger partial charge in [-0.2, -0.15) is 0 Å². The van der Waals surface area contributed by atoms with E-state index in [0.29, 0.717) is 12.8 Å². The lowest BCUT2D eigenvalue weighted by atomic mass is 10.0. The zero-order valence-electron chi connectivity index (χ0n) is 11.7.